The Balaban J connectivity index is 1.77. The summed E-state index contributed by atoms with van der Waals surface area (Å²) in [5, 5.41) is 5.35. The molecule has 1 atom stereocenters. The van der Waals surface area contributed by atoms with E-state index in [1.165, 1.54) is 17.7 Å². The lowest BCUT2D eigenvalue weighted by Crippen LogP contribution is -2.23. The highest BCUT2D eigenvalue weighted by atomic mass is 32.2. The molecule has 142 valence electrons. The van der Waals surface area contributed by atoms with E-state index in [0.717, 1.165) is 56.2 Å². The topological polar surface area (TPSA) is 99.6 Å². The van der Waals surface area contributed by atoms with E-state index in [2.05, 4.69) is 15.1 Å². The van der Waals surface area contributed by atoms with Crippen LogP contribution in [0.25, 0.3) is 32.7 Å². The van der Waals surface area contributed by atoms with E-state index in [1.807, 2.05) is 19.2 Å². The minimum atomic E-state index is -1.09. The quantitative estimate of drug-likeness (QED) is 0.553. The molecule has 0 radical (unpaired) electrons. The van der Waals surface area contributed by atoms with E-state index in [1.54, 1.807) is 23.3 Å². The predicted octanol–water partition coefficient (Wildman–Crippen LogP) is 3.40. The number of nitrogen functional groups attached to an aromatic ring is 1. The Morgan fingerprint density at radius 1 is 1.29 bits per heavy atom. The van der Waals surface area contributed by atoms with Crippen LogP contribution in [0, 0.1) is 0 Å². The number of nitrogens with two attached hydrogens (primary N) is 1. The van der Waals surface area contributed by atoms with Gasteiger partial charge < -0.3 is 5.73 Å². The molecule has 4 aromatic heterocycles. The van der Waals surface area contributed by atoms with E-state index >= 15 is 0 Å². The predicted molar refractivity (Wildman–Crippen MR) is 111 cm³/mol. The number of rotatable bonds is 4. The second kappa shape index (κ2) is 6.75. The summed E-state index contributed by atoms with van der Waals surface area (Å²) in [7, 11) is 0.801. The monoisotopic (exact) mass is 410 g/mol. The summed E-state index contributed by atoms with van der Waals surface area (Å²) < 4.78 is 15.6. The fourth-order valence-electron chi connectivity index (χ4n) is 3.41. The average Bonchev–Trinajstić information content (AvgIpc) is 3.24. The molecule has 7 nitrogen and oxygen atoms in total. The number of anilines is 1. The molecule has 1 aliphatic rings. The van der Waals surface area contributed by atoms with Crippen LogP contribution in [0.5, 0.6) is 0 Å². The molecule has 1 unspecified atom stereocenters. The summed E-state index contributed by atoms with van der Waals surface area (Å²) in [5.74, 6) is 0. The number of aromatic nitrogens is 5. The number of thiophene rings is 1. The maximum absolute atomic E-state index is 13.0. The van der Waals surface area contributed by atoms with E-state index in [9.17, 15) is 4.21 Å². The Labute approximate surface area is 168 Å². The van der Waals surface area contributed by atoms with Crippen molar-refractivity contribution >= 4 is 38.0 Å². The summed E-state index contributed by atoms with van der Waals surface area (Å²) in [5.41, 5.74) is 10.5. The fraction of sp³-hybridized carbons (Fsp3) is 0.263. The zero-order valence-electron chi connectivity index (χ0n) is 15.2. The molecule has 2 N–H and O–H groups in total. The maximum Gasteiger partial charge on any atom is 0.127 e. The molecule has 0 aromatic carbocycles. The average molecular weight is 411 g/mol. The molecule has 0 aliphatic heterocycles. The van der Waals surface area contributed by atoms with Gasteiger partial charge >= 0.3 is 0 Å². The van der Waals surface area contributed by atoms with Gasteiger partial charge in [0.2, 0.25) is 0 Å². The number of aryl methyl sites for hydroxylation is 1. The zero-order valence-corrected chi connectivity index (χ0v) is 16.8. The minimum absolute atomic E-state index is 0.206. The highest BCUT2D eigenvalue weighted by Crippen LogP contribution is 2.44. The van der Waals surface area contributed by atoms with E-state index < -0.39 is 10.8 Å². The van der Waals surface area contributed by atoms with Crippen LogP contribution in [-0.2, 0) is 17.8 Å². The van der Waals surface area contributed by atoms with Crippen LogP contribution in [0.15, 0.2) is 41.3 Å². The first-order valence-corrected chi connectivity index (χ1v) is 11.0. The third-order valence-electron chi connectivity index (χ3n) is 5.16. The van der Waals surface area contributed by atoms with Crippen molar-refractivity contribution in [3.8, 4) is 22.5 Å². The summed E-state index contributed by atoms with van der Waals surface area (Å²) in [6, 6.07) is 3.93. The fourth-order valence-corrected chi connectivity index (χ4v) is 6.62. The van der Waals surface area contributed by atoms with Gasteiger partial charge in [-0.05, 0) is 25.0 Å². The van der Waals surface area contributed by atoms with Crippen molar-refractivity contribution in [3.05, 3.63) is 37.1 Å². The van der Waals surface area contributed by atoms with Crippen molar-refractivity contribution in [2.75, 3.05) is 5.73 Å². The Bertz CT molecular complexity index is 1200. The van der Waals surface area contributed by atoms with Gasteiger partial charge in [0.1, 0.15) is 15.4 Å². The standard InChI is InChI=1S/C19H18N6OS2/c1-25-15(5-6-23-25)13-7-14(11-8-21-10-22-9-11)24-18-16(13)17(20)19(27-18)28(26)12-3-2-4-12/h5-10,12H,2-4,20H2,1H3. The maximum atomic E-state index is 13.0. The molecule has 5 rings (SSSR count). The van der Waals surface area contributed by atoms with Gasteiger partial charge in [0.05, 0.1) is 27.9 Å². The smallest absolute Gasteiger partial charge is 0.127 e. The molecule has 1 saturated carbocycles. The molecule has 0 amide bonds. The first-order valence-electron chi connectivity index (χ1n) is 9.01. The third-order valence-corrected chi connectivity index (χ3v) is 8.45. The van der Waals surface area contributed by atoms with Gasteiger partial charge in [0, 0.05) is 47.4 Å². The van der Waals surface area contributed by atoms with E-state index in [-0.39, 0.29) is 5.25 Å². The third kappa shape index (κ3) is 2.73. The van der Waals surface area contributed by atoms with E-state index in [0.29, 0.717) is 5.69 Å². The SMILES string of the molecule is Cn1nccc1-c1cc(-c2cncnc2)nc2sc(S(=O)C3CCC3)c(N)c12. The number of hydrogen-bond acceptors (Lipinski definition) is 7. The largest absolute Gasteiger partial charge is 0.396 e. The molecule has 1 fully saturated rings. The number of pyridine rings is 1. The Kier molecular flexibility index (Phi) is 4.21. The second-order valence-corrected chi connectivity index (χ2v) is 9.78. The highest BCUT2D eigenvalue weighted by Gasteiger charge is 2.29. The van der Waals surface area contributed by atoms with Gasteiger partial charge in [-0.1, -0.05) is 6.42 Å². The minimum Gasteiger partial charge on any atom is -0.396 e. The van der Waals surface area contributed by atoms with Gasteiger partial charge in [-0.3, -0.25) is 8.89 Å². The zero-order chi connectivity index (χ0) is 19.3. The van der Waals surface area contributed by atoms with Gasteiger partial charge in [-0.15, -0.1) is 11.3 Å². The number of nitrogens with zero attached hydrogens (tertiary/aromatic N) is 5. The van der Waals surface area contributed by atoms with Crippen LogP contribution in [0.1, 0.15) is 19.3 Å². The lowest BCUT2D eigenvalue weighted by atomic mass is 10.0. The molecule has 1 aliphatic carbocycles. The Hall–Kier alpha value is -2.65. The van der Waals surface area contributed by atoms with Crippen molar-refractivity contribution < 1.29 is 4.21 Å². The number of fused-ring (bicyclic) bond motifs is 1. The molecule has 9 heteroatoms. The second-order valence-electron chi connectivity index (χ2n) is 6.86. The Morgan fingerprint density at radius 2 is 2.07 bits per heavy atom. The van der Waals surface area contributed by atoms with Crippen molar-refractivity contribution in [3.63, 3.8) is 0 Å². The molecule has 28 heavy (non-hydrogen) atoms. The van der Waals surface area contributed by atoms with Crippen molar-refractivity contribution in [1.29, 1.82) is 0 Å². The lowest BCUT2D eigenvalue weighted by Gasteiger charge is -2.23. The molecular weight excluding hydrogens is 392 g/mol. The van der Waals surface area contributed by atoms with Crippen molar-refractivity contribution in [2.45, 2.75) is 28.7 Å². The van der Waals surface area contributed by atoms with Crippen LogP contribution in [0.2, 0.25) is 0 Å². The number of hydrogen-bond donors (Lipinski definition) is 1. The van der Waals surface area contributed by atoms with E-state index in [4.69, 9.17) is 10.7 Å². The summed E-state index contributed by atoms with van der Waals surface area (Å²) in [6.45, 7) is 0. The Morgan fingerprint density at radius 3 is 2.71 bits per heavy atom. The summed E-state index contributed by atoms with van der Waals surface area (Å²) in [4.78, 5) is 13.8. The highest BCUT2D eigenvalue weighted by molar-refractivity contribution is 7.88. The van der Waals surface area contributed by atoms with Gasteiger partial charge in [0.25, 0.3) is 0 Å². The van der Waals surface area contributed by atoms with Crippen LogP contribution in [0.3, 0.4) is 0 Å². The van der Waals surface area contributed by atoms with Crippen LogP contribution in [0.4, 0.5) is 5.69 Å². The van der Waals surface area contributed by atoms with Gasteiger partial charge in [0.15, 0.2) is 0 Å². The summed E-state index contributed by atoms with van der Waals surface area (Å²) in [6.07, 6.45) is 9.84. The van der Waals surface area contributed by atoms with Gasteiger partial charge in [-0.25, -0.2) is 15.0 Å². The van der Waals surface area contributed by atoms with Crippen LogP contribution < -0.4 is 5.73 Å². The molecule has 0 bridgehead atoms. The first kappa shape index (κ1) is 17.4. The molecule has 4 heterocycles. The summed E-state index contributed by atoms with van der Waals surface area (Å²) >= 11 is 1.43. The van der Waals surface area contributed by atoms with Crippen LogP contribution >= 0.6 is 11.3 Å². The normalized spacial score (nSPS) is 15.6. The first-order chi connectivity index (χ1) is 13.6. The lowest BCUT2D eigenvalue weighted by molar-refractivity contribution is 0.505. The van der Waals surface area contributed by atoms with Crippen LogP contribution in [-0.4, -0.2) is 34.2 Å². The molecule has 4 aromatic rings. The molecular formula is C19H18N6OS2. The van der Waals surface area contributed by atoms with Crippen molar-refractivity contribution in [2.24, 2.45) is 7.05 Å². The van der Waals surface area contributed by atoms with Gasteiger partial charge in [-0.2, -0.15) is 5.10 Å². The van der Waals surface area contributed by atoms with Crippen molar-refractivity contribution in [1.82, 2.24) is 24.7 Å². The molecule has 0 spiro atoms. The molecule has 0 saturated heterocycles.